The van der Waals surface area contributed by atoms with E-state index in [4.69, 9.17) is 75.2 Å². The van der Waals surface area contributed by atoms with E-state index >= 15 is 58.2 Å². The average molecular weight is 2090 g/mol. The number of hydrogen-bond acceptors (Lipinski definition) is 32. The second-order valence-corrected chi connectivity index (χ2v) is 52.1. The molecule has 9 aliphatic rings. The van der Waals surface area contributed by atoms with Crippen molar-refractivity contribution in [3.8, 4) is 0 Å². The molecule has 4 bridgehead atoms. The third kappa shape index (κ3) is 20.1. The Labute approximate surface area is 868 Å². The van der Waals surface area contributed by atoms with Gasteiger partial charge in [-0.25, -0.2) is 28.8 Å². The minimum atomic E-state index is -2.90. The highest BCUT2D eigenvalue weighted by Gasteiger charge is 2.82. The number of rotatable bonds is 34. The molecule has 0 radical (unpaired) electrons. The maximum atomic E-state index is 17.3. The fraction of sp³-hybridized carbons (Fsp3) is 0.522. The van der Waals surface area contributed by atoms with Gasteiger partial charge in [0, 0.05) is 75.3 Å². The highest BCUT2D eigenvalue weighted by molar-refractivity contribution is 6.74. The Morgan fingerprint density at radius 2 is 0.698 bits per heavy atom. The molecular weight excluding hydrogens is 1950 g/mol. The van der Waals surface area contributed by atoms with Gasteiger partial charge >= 0.3 is 59.7 Å². The van der Waals surface area contributed by atoms with Gasteiger partial charge in [-0.3, -0.25) is 38.4 Å². The lowest BCUT2D eigenvalue weighted by Crippen LogP contribution is -2.82. The lowest BCUT2D eigenvalue weighted by Gasteiger charge is -2.68. The number of carbonyl (C=O) groups excluding carboxylic acids is 14. The van der Waals surface area contributed by atoms with Crippen molar-refractivity contribution < 1.29 is 153 Å². The molecule has 36 heteroatoms. The fourth-order valence-electron chi connectivity index (χ4n) is 25.0. The molecule has 6 aliphatic carbocycles. The van der Waals surface area contributed by atoms with E-state index in [9.17, 15) is 19.2 Å². The summed E-state index contributed by atoms with van der Waals surface area (Å²) < 4.78 is 107. The predicted octanol–water partition coefficient (Wildman–Crippen LogP) is 14.2. The van der Waals surface area contributed by atoms with Gasteiger partial charge in [0.15, 0.2) is 69.6 Å². The zero-order valence-electron chi connectivity index (χ0n) is 87.8. The minimum Gasteiger partial charge on any atom is -0.455 e. The van der Waals surface area contributed by atoms with Gasteiger partial charge < -0.3 is 96.0 Å². The van der Waals surface area contributed by atoms with Gasteiger partial charge in [-0.1, -0.05) is 203 Å². The molecule has 34 nitrogen and oxygen atoms in total. The SMILES string of the molecule is CC[Si](CC)(CC)O[C@H]1C[C@H]2OC[C@@]2(OC(C)=O)C2[C@H](OC(=O)c3ccccc3)[C@]3(O)C[C@H](OC(=O)[C@H](OC(=O)[C@@H]4OC(C)(C)O[C@H]4C(=O)O[C@@H](C(=O)O[C@H]4C[C@@]5(O)[C@@H](OC(=O)c6ccccc6)C6[C@](C)(C(=O)[C@H](OC(C)=O)C(=C4C)C5(C)C)[C@@H](O[Si](CC)(CC)CC)C[C@H]4OC[C@@]64OC(C)=O)[C@@H](NC(=O)c4ccccc4)c4ccccc4)[C@H](NC(=O)c4ccccc4)c4ccccc4)C(C)=C([C@@H](OC(C)=O)C(=O)[C@@]21C)C3(C)C. The normalized spacial score (nSPS) is 30.7. The molecular formula is C113H136N2O32Si2. The predicted molar refractivity (Wildman–Crippen MR) is 539 cm³/mol. The third-order valence-corrected chi connectivity index (χ3v) is 42.8. The molecule has 3 saturated heterocycles. The summed E-state index contributed by atoms with van der Waals surface area (Å²) in [5, 5.41) is 35.8. The van der Waals surface area contributed by atoms with Crippen molar-refractivity contribution in [2.75, 3.05) is 13.2 Å². The molecule has 15 rings (SSSR count). The lowest BCUT2D eigenvalue weighted by atomic mass is 9.44. The highest BCUT2D eigenvalue weighted by atomic mass is 28.4. The summed E-state index contributed by atoms with van der Waals surface area (Å²) in [7, 11) is -5.80. The zero-order chi connectivity index (χ0) is 108. The monoisotopic (exact) mass is 2090 g/mol. The maximum Gasteiger partial charge on any atom is 0.350 e. The minimum absolute atomic E-state index is 0.0186. The molecule has 24 atom stereocenters. The van der Waals surface area contributed by atoms with E-state index in [-0.39, 0.29) is 68.5 Å². The molecule has 798 valence electrons. The van der Waals surface area contributed by atoms with Crippen LogP contribution >= 0.6 is 0 Å². The van der Waals surface area contributed by atoms with Crippen LogP contribution in [0.4, 0.5) is 0 Å². The van der Waals surface area contributed by atoms with Gasteiger partial charge in [0.2, 0.25) is 12.2 Å². The number of fused-ring (bicyclic) bond motifs is 10. The Kier molecular flexibility index (Phi) is 32.0. The second kappa shape index (κ2) is 43.0. The van der Waals surface area contributed by atoms with Crippen LogP contribution in [-0.2, 0) is 123 Å². The first-order valence-corrected chi connectivity index (χ1v) is 56.3. The Morgan fingerprint density at radius 1 is 0.403 bits per heavy atom. The van der Waals surface area contributed by atoms with E-state index in [0.717, 1.165) is 27.7 Å². The Morgan fingerprint density at radius 3 is 0.973 bits per heavy atom. The van der Waals surface area contributed by atoms with Crippen molar-refractivity contribution in [3.05, 3.63) is 238 Å². The molecule has 149 heavy (non-hydrogen) atoms. The van der Waals surface area contributed by atoms with Crippen LogP contribution in [0.2, 0.25) is 36.3 Å². The van der Waals surface area contributed by atoms with Gasteiger partial charge in [0.05, 0.1) is 59.2 Å². The van der Waals surface area contributed by atoms with E-state index in [2.05, 4.69) is 10.6 Å². The molecule has 2 unspecified atom stereocenters. The standard InChI is InChI=1S/C113H136N2O32Si2/c1-21-148(22-2,23-3)146-77-57-79-110(61-132-79,142-67(11)118)91-95(140-99(124)73-53-41-31-42-54-73)112(130)59-75(63(7)81(105(112,13)14)85(134-65(9)116)93(120)108(77,91)19)136-101(126)87(83(69-45-33-27-34-46-69)114-97(122)71-49-37-29-38-50-71)138-103(128)89-90(145-107(17,18)144-89)104(129)139-88(84(70-47-35-28-36-48-70)115-98(123)72-51-39-30-40-52-72)102(127)137-76-60-113(131)96(141-100(125)74-55-43-32-44-56-74)92-109(20,94(121)86(135-66(10)117)82(64(76)8)106(113,15)16)78(147-149(24-4,25-5)26-6)58-80-111(92,62-133-80)143-68(12)119/h27-56,75-80,83-92,95-96,130-131H,21-26,57-62H2,1-20H3,(H,114,122)(H,115,123)/t75-,76-,77-,78-,79+,80+,83-,84+,85+,86+,87+,88+,89+,90+,91?,92?,95-,96-,108+,109+,110-,111-,112+,113+/m0/s1. The van der Waals surface area contributed by atoms with Crippen LogP contribution in [0.15, 0.2) is 204 Å². The molecule has 4 N–H and O–H groups in total. The maximum absolute atomic E-state index is 17.3. The van der Waals surface area contributed by atoms with Crippen LogP contribution in [0, 0.1) is 33.5 Å². The van der Waals surface area contributed by atoms with Gasteiger partial charge in [-0.15, -0.1) is 0 Å². The number of aliphatic hydroxyl groups is 2. The molecule has 0 aromatic heterocycles. The van der Waals surface area contributed by atoms with Crippen molar-refractivity contribution in [2.45, 2.75) is 326 Å². The van der Waals surface area contributed by atoms with Gasteiger partial charge in [0.25, 0.3) is 11.8 Å². The topological polar surface area (TPSA) is 451 Å². The van der Waals surface area contributed by atoms with Crippen LogP contribution in [0.3, 0.4) is 0 Å². The Hall–Kier alpha value is -12.1. The molecule has 4 saturated carbocycles. The van der Waals surface area contributed by atoms with E-state index < -0.39 is 285 Å². The van der Waals surface area contributed by atoms with Crippen LogP contribution < -0.4 is 10.6 Å². The fourth-order valence-corrected chi connectivity index (χ4v) is 30.9. The Bertz CT molecular complexity index is 5770. The number of amides is 2. The second-order valence-electron chi connectivity index (χ2n) is 42.7. The number of ether oxygens (including phenoxy) is 14. The smallest absolute Gasteiger partial charge is 0.350 e. The van der Waals surface area contributed by atoms with Crippen molar-refractivity contribution in [1.82, 2.24) is 10.6 Å². The molecule has 6 aromatic rings. The number of nitrogens with one attached hydrogen (secondary N) is 2. The van der Waals surface area contributed by atoms with E-state index in [1.807, 2.05) is 41.5 Å². The molecule has 7 fully saturated rings. The summed E-state index contributed by atoms with van der Waals surface area (Å²) in [4.78, 5) is 219. The van der Waals surface area contributed by atoms with Gasteiger partial charge in [-0.05, 0) is 160 Å². The number of Topliss-reactive ketones (excluding diaryl/α,β-unsaturated/α-hetero) is 2. The van der Waals surface area contributed by atoms with Crippen LogP contribution in [-0.4, -0.2) is 237 Å². The summed E-state index contributed by atoms with van der Waals surface area (Å²) in [5.41, 5.74) is -17.5. The summed E-state index contributed by atoms with van der Waals surface area (Å²) in [6.07, 6.45) is -28.1. The number of hydrogen-bond donors (Lipinski definition) is 4. The molecule has 2 amide bonds. The van der Waals surface area contributed by atoms with Gasteiger partial charge in [0.1, 0.15) is 59.9 Å². The van der Waals surface area contributed by atoms with Crippen molar-refractivity contribution in [2.24, 2.45) is 33.5 Å². The summed E-state index contributed by atoms with van der Waals surface area (Å²) in [6, 6.07) is 45.8. The van der Waals surface area contributed by atoms with Gasteiger partial charge in [-0.2, -0.15) is 0 Å². The van der Waals surface area contributed by atoms with E-state index in [1.54, 1.807) is 123 Å². The number of esters is 10. The molecule has 0 spiro atoms. The summed E-state index contributed by atoms with van der Waals surface area (Å²) in [5.74, 6) is -20.9. The van der Waals surface area contributed by atoms with E-state index in [1.165, 1.54) is 128 Å². The first-order valence-electron chi connectivity index (χ1n) is 51.2. The van der Waals surface area contributed by atoms with Crippen molar-refractivity contribution >= 4 is 99.7 Å². The average Bonchev–Trinajstić information content (AvgIpc) is 0.855. The van der Waals surface area contributed by atoms with Crippen LogP contribution in [0.25, 0.3) is 0 Å². The summed E-state index contributed by atoms with van der Waals surface area (Å²) in [6.45, 7) is 30.3. The highest BCUT2D eigenvalue weighted by Crippen LogP contribution is 2.69. The molecule has 3 aliphatic heterocycles. The largest absolute Gasteiger partial charge is 0.455 e. The zero-order valence-corrected chi connectivity index (χ0v) is 89.8. The quantitative estimate of drug-likeness (QED) is 0.0126. The van der Waals surface area contributed by atoms with Crippen LogP contribution in [0.1, 0.15) is 229 Å². The van der Waals surface area contributed by atoms with E-state index in [0.29, 0.717) is 36.3 Å². The van der Waals surface area contributed by atoms with Crippen molar-refractivity contribution in [3.63, 3.8) is 0 Å². The van der Waals surface area contributed by atoms with Crippen LogP contribution in [0.5, 0.6) is 0 Å². The molecule has 3 heterocycles. The number of benzene rings is 6. The molecule has 6 aromatic carbocycles. The first kappa shape index (κ1) is 111. The number of ketones is 2. The Balaban J connectivity index is 0.863. The third-order valence-electron chi connectivity index (χ3n) is 33.5. The first-order chi connectivity index (χ1) is 70.4. The van der Waals surface area contributed by atoms with Crippen molar-refractivity contribution in [1.29, 1.82) is 0 Å². The number of carbonyl (C=O) groups is 14. The lowest BCUT2D eigenvalue weighted by molar-refractivity contribution is -0.344. The summed E-state index contributed by atoms with van der Waals surface area (Å²) >= 11 is 0.